The van der Waals surface area contributed by atoms with Gasteiger partial charge in [-0.25, -0.2) is 0 Å². The summed E-state index contributed by atoms with van der Waals surface area (Å²) < 4.78 is 16.9. The number of ether oxygens (including phenoxy) is 3. The van der Waals surface area contributed by atoms with Gasteiger partial charge in [-0.15, -0.1) is 0 Å². The fraction of sp³-hybridized carbons (Fsp3) is 0.662. The molecule has 0 spiro atoms. The van der Waals surface area contributed by atoms with Crippen LogP contribution in [0, 0.1) is 0 Å². The minimum Gasteiger partial charge on any atom is -0.462 e. The highest BCUT2D eigenvalue weighted by Crippen LogP contribution is 2.15. The highest BCUT2D eigenvalue weighted by molar-refractivity contribution is 5.71. The second-order valence-corrected chi connectivity index (χ2v) is 21.6. The number of carbonyl (C=O) groups excluding carboxylic acids is 3. The van der Waals surface area contributed by atoms with Crippen LogP contribution in [0.4, 0.5) is 0 Å². The molecule has 6 nitrogen and oxygen atoms in total. The summed E-state index contributed by atoms with van der Waals surface area (Å²) in [5, 5.41) is 0. The van der Waals surface area contributed by atoms with Crippen LogP contribution in [-0.4, -0.2) is 37.2 Å². The van der Waals surface area contributed by atoms with Gasteiger partial charge in [0.2, 0.25) is 0 Å². The third-order valence-electron chi connectivity index (χ3n) is 13.9. The van der Waals surface area contributed by atoms with Gasteiger partial charge in [0.15, 0.2) is 6.10 Å². The highest BCUT2D eigenvalue weighted by Gasteiger charge is 2.19. The quantitative estimate of drug-likeness (QED) is 0.0261. The van der Waals surface area contributed by atoms with Crippen molar-refractivity contribution < 1.29 is 28.6 Å². The molecule has 0 radical (unpaired) electrons. The Hall–Kier alpha value is -4.45. The molecule has 6 heteroatoms. The van der Waals surface area contributed by atoms with Crippen LogP contribution >= 0.6 is 0 Å². The lowest BCUT2D eigenvalue weighted by Crippen LogP contribution is -2.30. The molecule has 0 aromatic rings. The van der Waals surface area contributed by atoms with E-state index in [0.717, 1.165) is 109 Å². The van der Waals surface area contributed by atoms with E-state index in [-0.39, 0.29) is 37.5 Å². The third-order valence-corrected chi connectivity index (χ3v) is 13.9. The smallest absolute Gasteiger partial charge is 0.306 e. The Balaban J connectivity index is 4.52. The Morgan fingerprint density at radius 3 is 0.825 bits per heavy atom. The molecule has 454 valence electrons. The molecule has 0 saturated carbocycles. The van der Waals surface area contributed by atoms with Crippen molar-refractivity contribution in [1.82, 2.24) is 0 Å². The lowest BCUT2D eigenvalue weighted by molar-refractivity contribution is -0.167. The first kappa shape index (κ1) is 75.5. The average molecular weight is 1110 g/mol. The van der Waals surface area contributed by atoms with Crippen molar-refractivity contribution in [2.45, 2.75) is 303 Å². The first-order chi connectivity index (χ1) is 39.5. The zero-order valence-electron chi connectivity index (χ0n) is 52.0. The van der Waals surface area contributed by atoms with Crippen molar-refractivity contribution in [3.8, 4) is 0 Å². The standard InChI is InChI=1S/C74H122O6/c1-4-7-10-13-16-19-22-25-28-31-34-36-37-39-40-43-46-49-52-55-58-61-64-67-73(76)79-70-71(69-78-72(75)66-63-60-57-54-51-48-45-42-33-30-27-24-21-18-15-12-9-6-3)80-74(77)68-65-62-59-56-53-50-47-44-41-38-35-32-29-26-23-20-17-14-11-8-5-2/h7,10,16,19,21,23-26,28,30,32-36,39-40,46,49,55,58,71H,4-6,8-9,11-15,17-18,20,22,27,29,31,37-38,41-45,47-48,50-54,56-57,59-70H2,1-3H3/b10-7-,19-16-,24-21-,26-23-,28-25-,33-30-,35-32-,36-34-,40-39-,49-46-,58-55-. The zero-order chi connectivity index (χ0) is 57.8. The lowest BCUT2D eigenvalue weighted by Gasteiger charge is -2.18. The van der Waals surface area contributed by atoms with Crippen LogP contribution in [-0.2, 0) is 28.6 Å². The molecule has 0 N–H and O–H groups in total. The largest absolute Gasteiger partial charge is 0.462 e. The molecule has 0 bridgehead atoms. The molecule has 1 atom stereocenters. The average Bonchev–Trinajstić information content (AvgIpc) is 3.46. The van der Waals surface area contributed by atoms with Crippen LogP contribution in [0.5, 0.6) is 0 Å². The SMILES string of the molecule is CC/C=C\C/C=C\C/C=C\C/C=C\C/C=C\C/C=C\C/C=C\CCCC(=O)OCC(COC(=O)CCCCCCCCC/C=C\C/C=C\CCCCCC)OC(=O)CCCCCCCCCCC/C=C\C/C=C\CCCCCCC. The fourth-order valence-corrected chi connectivity index (χ4v) is 8.90. The molecule has 0 aromatic heterocycles. The summed E-state index contributed by atoms with van der Waals surface area (Å²) >= 11 is 0. The Kier molecular flexibility index (Phi) is 63.3. The Bertz CT molecular complexity index is 1700. The molecule has 1 unspecified atom stereocenters. The van der Waals surface area contributed by atoms with E-state index in [1.54, 1.807) is 0 Å². The minimum atomic E-state index is -0.814. The van der Waals surface area contributed by atoms with Crippen molar-refractivity contribution in [3.05, 3.63) is 134 Å². The van der Waals surface area contributed by atoms with Gasteiger partial charge in [0.25, 0.3) is 0 Å². The van der Waals surface area contributed by atoms with Gasteiger partial charge in [-0.05, 0) is 135 Å². The second kappa shape index (κ2) is 67.1. The monoisotopic (exact) mass is 1110 g/mol. The number of hydrogen-bond acceptors (Lipinski definition) is 6. The van der Waals surface area contributed by atoms with Crippen molar-refractivity contribution in [3.63, 3.8) is 0 Å². The maximum absolute atomic E-state index is 12.9. The first-order valence-electron chi connectivity index (χ1n) is 33.2. The summed E-state index contributed by atoms with van der Waals surface area (Å²) in [5.74, 6) is -0.974. The van der Waals surface area contributed by atoms with Crippen molar-refractivity contribution in [2.24, 2.45) is 0 Å². The lowest BCUT2D eigenvalue weighted by atomic mass is 10.1. The number of allylic oxidation sites excluding steroid dienone is 22. The van der Waals surface area contributed by atoms with Gasteiger partial charge in [0, 0.05) is 19.3 Å². The molecule has 0 aliphatic carbocycles. The van der Waals surface area contributed by atoms with Crippen molar-refractivity contribution >= 4 is 17.9 Å². The molecule has 0 rings (SSSR count). The van der Waals surface area contributed by atoms with Gasteiger partial charge < -0.3 is 14.2 Å². The molecular formula is C74H122O6. The summed E-state index contributed by atoms with van der Waals surface area (Å²) in [7, 11) is 0. The van der Waals surface area contributed by atoms with E-state index in [4.69, 9.17) is 14.2 Å². The third kappa shape index (κ3) is 64.4. The Morgan fingerprint density at radius 2 is 0.500 bits per heavy atom. The van der Waals surface area contributed by atoms with Gasteiger partial charge in [0.05, 0.1) is 0 Å². The van der Waals surface area contributed by atoms with E-state index < -0.39 is 6.10 Å². The van der Waals surface area contributed by atoms with E-state index in [0.29, 0.717) is 19.3 Å². The van der Waals surface area contributed by atoms with Gasteiger partial charge in [-0.3, -0.25) is 14.4 Å². The summed E-state index contributed by atoms with van der Waals surface area (Å²) in [6.07, 6.45) is 94.6. The molecular weight excluding hydrogens is 985 g/mol. The maximum Gasteiger partial charge on any atom is 0.306 e. The topological polar surface area (TPSA) is 78.9 Å². The summed E-state index contributed by atoms with van der Waals surface area (Å²) in [5.41, 5.74) is 0. The zero-order valence-corrected chi connectivity index (χ0v) is 52.0. The number of rotatable bonds is 59. The number of unbranched alkanes of at least 4 members (excludes halogenated alkanes) is 26. The van der Waals surface area contributed by atoms with Gasteiger partial charge >= 0.3 is 17.9 Å². The number of hydrogen-bond donors (Lipinski definition) is 0. The van der Waals surface area contributed by atoms with Crippen molar-refractivity contribution in [1.29, 1.82) is 0 Å². The highest BCUT2D eigenvalue weighted by atomic mass is 16.6. The number of carbonyl (C=O) groups is 3. The normalized spacial score (nSPS) is 13.0. The predicted molar refractivity (Wildman–Crippen MR) is 348 cm³/mol. The summed E-state index contributed by atoms with van der Waals surface area (Å²) in [6, 6.07) is 0. The van der Waals surface area contributed by atoms with E-state index in [1.165, 1.54) is 141 Å². The molecule has 0 fully saturated rings. The molecule has 0 amide bonds. The van der Waals surface area contributed by atoms with E-state index >= 15 is 0 Å². The van der Waals surface area contributed by atoms with Gasteiger partial charge in [-0.2, -0.15) is 0 Å². The first-order valence-corrected chi connectivity index (χ1v) is 33.2. The fourth-order valence-electron chi connectivity index (χ4n) is 8.90. The second-order valence-electron chi connectivity index (χ2n) is 21.6. The maximum atomic E-state index is 12.9. The molecule has 0 heterocycles. The van der Waals surface area contributed by atoms with Crippen LogP contribution in [0.25, 0.3) is 0 Å². The predicted octanol–water partition coefficient (Wildman–Crippen LogP) is 22.9. The molecule has 0 aromatic carbocycles. The summed E-state index contributed by atoms with van der Waals surface area (Å²) in [4.78, 5) is 38.4. The Morgan fingerprint density at radius 1 is 0.263 bits per heavy atom. The molecule has 80 heavy (non-hydrogen) atoms. The molecule has 0 aliphatic rings. The molecule has 0 saturated heterocycles. The summed E-state index contributed by atoms with van der Waals surface area (Å²) in [6.45, 7) is 6.46. The number of esters is 3. The van der Waals surface area contributed by atoms with E-state index in [2.05, 4.69) is 154 Å². The van der Waals surface area contributed by atoms with Gasteiger partial charge in [0.1, 0.15) is 13.2 Å². The molecule has 0 aliphatic heterocycles. The van der Waals surface area contributed by atoms with Crippen molar-refractivity contribution in [2.75, 3.05) is 13.2 Å². The van der Waals surface area contributed by atoms with E-state index in [1.807, 2.05) is 0 Å². The van der Waals surface area contributed by atoms with Crippen LogP contribution < -0.4 is 0 Å². The van der Waals surface area contributed by atoms with Crippen LogP contribution in [0.3, 0.4) is 0 Å². The minimum absolute atomic E-state index is 0.105. The van der Waals surface area contributed by atoms with Gasteiger partial charge in [-0.1, -0.05) is 276 Å². The Labute approximate surface area is 494 Å². The van der Waals surface area contributed by atoms with Crippen LogP contribution in [0.2, 0.25) is 0 Å². The van der Waals surface area contributed by atoms with E-state index in [9.17, 15) is 14.4 Å². The van der Waals surface area contributed by atoms with Crippen LogP contribution in [0.1, 0.15) is 297 Å². The van der Waals surface area contributed by atoms with Crippen LogP contribution in [0.15, 0.2) is 134 Å².